The molecule has 118 valence electrons. The maximum absolute atomic E-state index is 12.5. The van der Waals surface area contributed by atoms with Gasteiger partial charge < -0.3 is 10.2 Å². The molecule has 2 fully saturated rings. The molecule has 2 aliphatic rings. The second-order valence-electron chi connectivity index (χ2n) is 6.15. The average Bonchev–Trinajstić information content (AvgIpc) is 2.67. The fourth-order valence-corrected chi connectivity index (χ4v) is 3.34. The van der Waals surface area contributed by atoms with Crippen molar-refractivity contribution < 1.29 is 14.4 Å². The van der Waals surface area contributed by atoms with Gasteiger partial charge in [0.25, 0.3) is 5.91 Å². The molecule has 2 aliphatic heterocycles. The van der Waals surface area contributed by atoms with Crippen molar-refractivity contribution in [3.05, 3.63) is 0 Å². The molecule has 6 nitrogen and oxygen atoms in total. The van der Waals surface area contributed by atoms with Gasteiger partial charge in [0.1, 0.15) is 12.6 Å². The summed E-state index contributed by atoms with van der Waals surface area (Å²) in [5, 5.41) is 2.65. The van der Waals surface area contributed by atoms with E-state index in [-0.39, 0.29) is 30.4 Å². The van der Waals surface area contributed by atoms with E-state index in [9.17, 15) is 14.4 Å². The van der Waals surface area contributed by atoms with Gasteiger partial charge in [-0.3, -0.25) is 14.5 Å². The van der Waals surface area contributed by atoms with E-state index in [4.69, 9.17) is 0 Å². The van der Waals surface area contributed by atoms with Crippen molar-refractivity contribution in [3.63, 3.8) is 0 Å². The molecular formula is C15H25N3O3. The quantitative estimate of drug-likeness (QED) is 0.799. The van der Waals surface area contributed by atoms with Crippen molar-refractivity contribution in [2.75, 3.05) is 6.54 Å². The molecule has 21 heavy (non-hydrogen) atoms. The Bertz CT molecular complexity index is 428. The van der Waals surface area contributed by atoms with Crippen LogP contribution in [0.15, 0.2) is 0 Å². The van der Waals surface area contributed by atoms with E-state index in [0.29, 0.717) is 6.42 Å². The zero-order valence-electron chi connectivity index (χ0n) is 13.1. The third kappa shape index (κ3) is 3.19. The maximum Gasteiger partial charge on any atom is 0.325 e. The van der Waals surface area contributed by atoms with Gasteiger partial charge in [0.15, 0.2) is 0 Å². The smallest absolute Gasteiger partial charge is 0.325 e. The minimum atomic E-state index is -0.466. The topological polar surface area (TPSA) is 69.7 Å². The van der Waals surface area contributed by atoms with E-state index in [1.165, 1.54) is 0 Å². The average molecular weight is 295 g/mol. The lowest BCUT2D eigenvalue weighted by molar-refractivity contribution is -0.141. The number of rotatable bonds is 4. The summed E-state index contributed by atoms with van der Waals surface area (Å²) >= 11 is 0. The fourth-order valence-electron chi connectivity index (χ4n) is 3.34. The number of amides is 4. The zero-order chi connectivity index (χ0) is 15.6. The summed E-state index contributed by atoms with van der Waals surface area (Å²) in [6, 6.07) is -0.558. The third-order valence-corrected chi connectivity index (χ3v) is 4.46. The lowest BCUT2D eigenvalue weighted by atomic mass is 9.97. The van der Waals surface area contributed by atoms with E-state index in [1.54, 1.807) is 0 Å². The van der Waals surface area contributed by atoms with Crippen molar-refractivity contribution in [1.82, 2.24) is 15.1 Å². The molecule has 0 aliphatic carbocycles. The molecule has 1 N–H and O–H groups in total. The fraction of sp³-hybridized carbons (Fsp3) is 0.800. The van der Waals surface area contributed by atoms with Crippen LogP contribution >= 0.6 is 0 Å². The Kier molecular flexibility index (Phi) is 4.85. The Morgan fingerprint density at radius 3 is 2.43 bits per heavy atom. The number of piperidine rings is 1. The van der Waals surface area contributed by atoms with Gasteiger partial charge in [0.2, 0.25) is 5.91 Å². The van der Waals surface area contributed by atoms with Gasteiger partial charge in [0.05, 0.1) is 0 Å². The summed E-state index contributed by atoms with van der Waals surface area (Å²) in [6.45, 7) is 5.88. The molecule has 0 radical (unpaired) electrons. The zero-order valence-corrected chi connectivity index (χ0v) is 13.1. The number of carbonyl (C=O) groups excluding carboxylic acids is 3. The molecule has 0 spiro atoms. The van der Waals surface area contributed by atoms with Crippen molar-refractivity contribution in [3.8, 4) is 0 Å². The van der Waals surface area contributed by atoms with Crippen LogP contribution in [-0.4, -0.2) is 52.3 Å². The lowest BCUT2D eigenvalue weighted by Crippen LogP contribution is -2.52. The van der Waals surface area contributed by atoms with Crippen LogP contribution < -0.4 is 5.32 Å². The number of likely N-dealkylation sites (tertiary alicyclic amines) is 1. The monoisotopic (exact) mass is 295 g/mol. The van der Waals surface area contributed by atoms with E-state index in [1.807, 2.05) is 25.7 Å². The van der Waals surface area contributed by atoms with Crippen LogP contribution in [0.2, 0.25) is 0 Å². The first-order chi connectivity index (χ1) is 9.95. The molecule has 2 rings (SSSR count). The van der Waals surface area contributed by atoms with Crippen molar-refractivity contribution in [2.24, 2.45) is 0 Å². The van der Waals surface area contributed by atoms with Crippen LogP contribution in [-0.2, 0) is 9.59 Å². The van der Waals surface area contributed by atoms with Crippen molar-refractivity contribution in [2.45, 2.75) is 71.0 Å². The van der Waals surface area contributed by atoms with Crippen LogP contribution in [0.4, 0.5) is 4.79 Å². The molecule has 4 amide bonds. The Hall–Kier alpha value is -1.59. The first kappa shape index (κ1) is 15.8. The molecule has 0 bridgehead atoms. The highest BCUT2D eigenvalue weighted by Gasteiger charge is 2.40. The number of nitrogens with zero attached hydrogens (tertiary/aromatic N) is 2. The van der Waals surface area contributed by atoms with Crippen LogP contribution in [0.1, 0.15) is 52.9 Å². The van der Waals surface area contributed by atoms with E-state index < -0.39 is 12.1 Å². The molecular weight excluding hydrogens is 270 g/mol. The Labute approximate surface area is 125 Å². The first-order valence-corrected chi connectivity index (χ1v) is 7.88. The Morgan fingerprint density at radius 2 is 1.86 bits per heavy atom. The molecule has 0 aromatic rings. The van der Waals surface area contributed by atoms with Gasteiger partial charge in [-0.05, 0) is 39.5 Å². The number of imide groups is 1. The predicted molar refractivity (Wildman–Crippen MR) is 78.6 cm³/mol. The number of hydrogen-bond acceptors (Lipinski definition) is 3. The minimum absolute atomic E-state index is 0.129. The van der Waals surface area contributed by atoms with E-state index >= 15 is 0 Å². The molecule has 3 unspecified atom stereocenters. The molecule has 2 heterocycles. The summed E-state index contributed by atoms with van der Waals surface area (Å²) in [7, 11) is 0. The van der Waals surface area contributed by atoms with Gasteiger partial charge in [0, 0.05) is 12.1 Å². The molecule has 0 saturated carbocycles. The van der Waals surface area contributed by atoms with E-state index in [0.717, 1.165) is 30.6 Å². The van der Waals surface area contributed by atoms with Crippen LogP contribution in [0, 0.1) is 0 Å². The first-order valence-electron chi connectivity index (χ1n) is 7.88. The number of nitrogens with one attached hydrogen (secondary N) is 1. The van der Waals surface area contributed by atoms with Crippen LogP contribution in [0.5, 0.6) is 0 Å². The van der Waals surface area contributed by atoms with Gasteiger partial charge in [-0.15, -0.1) is 0 Å². The van der Waals surface area contributed by atoms with Crippen molar-refractivity contribution >= 4 is 17.8 Å². The summed E-state index contributed by atoms with van der Waals surface area (Å²) in [5.41, 5.74) is 0. The molecule has 0 aromatic heterocycles. The SMILES string of the molecule is CCCC1NC(=O)N(CC(=O)N2C(C)CCCC2C)C1=O. The second kappa shape index (κ2) is 6.45. The lowest BCUT2D eigenvalue weighted by Gasteiger charge is -2.39. The van der Waals surface area contributed by atoms with Gasteiger partial charge in [-0.25, -0.2) is 4.79 Å². The standard InChI is InChI=1S/C15H25N3O3/c1-4-6-12-14(20)17(15(21)16-12)9-13(19)18-10(2)7-5-8-11(18)3/h10-12H,4-9H2,1-3H3,(H,16,21). The van der Waals surface area contributed by atoms with Gasteiger partial charge >= 0.3 is 6.03 Å². The molecule has 6 heteroatoms. The third-order valence-electron chi connectivity index (χ3n) is 4.46. The second-order valence-corrected chi connectivity index (χ2v) is 6.15. The predicted octanol–water partition coefficient (Wildman–Crippen LogP) is 1.50. The normalized spacial score (nSPS) is 29.8. The van der Waals surface area contributed by atoms with Gasteiger partial charge in [-0.1, -0.05) is 13.3 Å². The summed E-state index contributed by atoms with van der Waals surface area (Å²) in [6.07, 6.45) is 4.52. The van der Waals surface area contributed by atoms with Crippen molar-refractivity contribution in [1.29, 1.82) is 0 Å². The van der Waals surface area contributed by atoms with Crippen LogP contribution in [0.3, 0.4) is 0 Å². The highest BCUT2D eigenvalue weighted by atomic mass is 16.2. The Morgan fingerprint density at radius 1 is 1.24 bits per heavy atom. The summed E-state index contributed by atoms with van der Waals surface area (Å²) < 4.78 is 0. The molecule has 2 saturated heterocycles. The summed E-state index contributed by atoms with van der Waals surface area (Å²) in [4.78, 5) is 39.4. The van der Waals surface area contributed by atoms with E-state index in [2.05, 4.69) is 5.32 Å². The highest BCUT2D eigenvalue weighted by Crippen LogP contribution is 2.23. The number of hydrogen-bond donors (Lipinski definition) is 1. The summed E-state index contributed by atoms with van der Waals surface area (Å²) in [5.74, 6) is -0.400. The maximum atomic E-state index is 12.5. The largest absolute Gasteiger partial charge is 0.336 e. The van der Waals surface area contributed by atoms with Gasteiger partial charge in [-0.2, -0.15) is 0 Å². The number of urea groups is 1. The number of carbonyl (C=O) groups is 3. The highest BCUT2D eigenvalue weighted by molar-refractivity contribution is 6.06. The minimum Gasteiger partial charge on any atom is -0.336 e. The Balaban J connectivity index is 2.02. The van der Waals surface area contributed by atoms with Crippen LogP contribution in [0.25, 0.3) is 0 Å². The molecule has 0 aromatic carbocycles. The molecule has 3 atom stereocenters.